The van der Waals surface area contributed by atoms with Crippen LogP contribution in [0.2, 0.25) is 0 Å². The summed E-state index contributed by atoms with van der Waals surface area (Å²) >= 11 is 0. The van der Waals surface area contributed by atoms with Gasteiger partial charge in [0.25, 0.3) is 0 Å². The molecule has 1 aromatic heterocycles. The zero-order valence-electron chi connectivity index (χ0n) is 19.4. The number of halogens is 1. The molecule has 0 radical (unpaired) electrons. The molecule has 5 nitrogen and oxygen atoms in total. The number of hydrogen-bond acceptors (Lipinski definition) is 4. The van der Waals surface area contributed by atoms with Crippen LogP contribution >= 0.6 is 0 Å². The van der Waals surface area contributed by atoms with Crippen molar-refractivity contribution >= 4 is 22.4 Å². The number of amides is 1. The van der Waals surface area contributed by atoms with Gasteiger partial charge < -0.3 is 19.2 Å². The molecule has 0 saturated heterocycles. The van der Waals surface area contributed by atoms with Crippen molar-refractivity contribution in [3.8, 4) is 22.6 Å². The molecular formula is C28H26FNO4. The number of fused-ring (bicyclic) bond motifs is 1. The van der Waals surface area contributed by atoms with Crippen LogP contribution in [0.15, 0.2) is 77.4 Å². The van der Waals surface area contributed by atoms with Crippen LogP contribution in [-0.4, -0.2) is 19.6 Å². The summed E-state index contributed by atoms with van der Waals surface area (Å²) in [5.41, 5.74) is 4.95. The van der Waals surface area contributed by atoms with Gasteiger partial charge in [-0.05, 0) is 60.9 Å². The lowest BCUT2D eigenvalue weighted by atomic mass is 9.99. The summed E-state index contributed by atoms with van der Waals surface area (Å²) in [4.78, 5) is 12.6. The fraction of sp³-hybridized carbons (Fsp3) is 0.179. The van der Waals surface area contributed by atoms with E-state index in [1.54, 1.807) is 31.6 Å². The molecule has 0 bridgehead atoms. The summed E-state index contributed by atoms with van der Waals surface area (Å²) in [5, 5.41) is 3.75. The van der Waals surface area contributed by atoms with Gasteiger partial charge in [-0.1, -0.05) is 24.3 Å². The van der Waals surface area contributed by atoms with Crippen molar-refractivity contribution in [2.24, 2.45) is 0 Å². The first-order chi connectivity index (χ1) is 16.5. The summed E-state index contributed by atoms with van der Waals surface area (Å²) < 4.78 is 30.1. The average molecular weight is 460 g/mol. The first kappa shape index (κ1) is 23.1. The predicted molar refractivity (Wildman–Crippen MR) is 131 cm³/mol. The van der Waals surface area contributed by atoms with E-state index in [2.05, 4.69) is 5.32 Å². The fourth-order valence-electron chi connectivity index (χ4n) is 3.77. The lowest BCUT2D eigenvalue weighted by molar-refractivity contribution is -0.116. The maximum Gasteiger partial charge on any atom is 0.244 e. The van der Waals surface area contributed by atoms with Crippen molar-refractivity contribution in [1.82, 2.24) is 5.32 Å². The monoisotopic (exact) mass is 459 g/mol. The van der Waals surface area contributed by atoms with Crippen LogP contribution < -0.4 is 14.8 Å². The van der Waals surface area contributed by atoms with Crippen molar-refractivity contribution in [1.29, 1.82) is 0 Å². The normalized spacial score (nSPS) is 11.5. The number of rotatable bonds is 8. The van der Waals surface area contributed by atoms with Crippen LogP contribution in [0.4, 0.5) is 4.39 Å². The highest BCUT2D eigenvalue weighted by Crippen LogP contribution is 2.38. The molecule has 0 saturated carbocycles. The molecule has 0 aliphatic heterocycles. The van der Waals surface area contributed by atoms with Gasteiger partial charge in [-0.2, -0.15) is 0 Å². The molecule has 1 amide bonds. The fourth-order valence-corrected chi connectivity index (χ4v) is 3.77. The summed E-state index contributed by atoms with van der Waals surface area (Å²) in [6, 6.07) is 17.6. The van der Waals surface area contributed by atoms with Gasteiger partial charge in [-0.15, -0.1) is 0 Å². The smallest absolute Gasteiger partial charge is 0.244 e. The molecule has 0 unspecified atom stereocenters. The Balaban J connectivity index is 1.65. The standard InChI is InChI=1S/C28H26FNO4/c1-4-33-26-15-27-24(25(17-34-27)20-6-5-7-22(13-20)32-3)14-23(26)18(2)12-28(31)30-16-19-8-10-21(29)11-9-19/h5-15,17H,4,16H2,1-3H3,(H,30,31)/b18-12+. The van der Waals surface area contributed by atoms with Gasteiger partial charge in [-0.3, -0.25) is 4.79 Å². The van der Waals surface area contributed by atoms with Crippen LogP contribution in [0.1, 0.15) is 25.0 Å². The second-order valence-corrected chi connectivity index (χ2v) is 7.83. The summed E-state index contributed by atoms with van der Waals surface area (Å²) in [6.45, 7) is 4.56. The molecule has 0 fully saturated rings. The van der Waals surface area contributed by atoms with Crippen LogP contribution in [0, 0.1) is 5.82 Å². The zero-order chi connectivity index (χ0) is 24.1. The highest BCUT2D eigenvalue weighted by molar-refractivity contribution is 6.00. The van der Waals surface area contributed by atoms with Crippen LogP contribution in [0.5, 0.6) is 11.5 Å². The van der Waals surface area contributed by atoms with E-state index >= 15 is 0 Å². The second kappa shape index (κ2) is 10.3. The Hall–Kier alpha value is -4.06. The number of hydrogen-bond donors (Lipinski definition) is 1. The third kappa shape index (κ3) is 5.12. The SMILES string of the molecule is CCOc1cc2occ(-c3cccc(OC)c3)c2cc1/C(C)=C/C(=O)NCc1ccc(F)cc1. The lowest BCUT2D eigenvalue weighted by Crippen LogP contribution is -2.20. The van der Waals surface area contributed by atoms with E-state index in [9.17, 15) is 9.18 Å². The number of carbonyl (C=O) groups is 1. The molecule has 1 heterocycles. The van der Waals surface area contributed by atoms with Crippen LogP contribution in [0.25, 0.3) is 27.7 Å². The Bertz CT molecular complexity index is 1340. The Morgan fingerprint density at radius 2 is 1.91 bits per heavy atom. The molecule has 0 spiro atoms. The summed E-state index contributed by atoms with van der Waals surface area (Å²) in [5.74, 6) is 0.843. The average Bonchev–Trinajstić information content (AvgIpc) is 3.26. The molecule has 3 aromatic carbocycles. The van der Waals surface area contributed by atoms with Crippen molar-refractivity contribution in [2.75, 3.05) is 13.7 Å². The maximum atomic E-state index is 13.1. The molecule has 0 aliphatic carbocycles. The predicted octanol–water partition coefficient (Wildman–Crippen LogP) is 6.37. The van der Waals surface area contributed by atoms with Crippen molar-refractivity contribution < 1.29 is 23.1 Å². The molecule has 1 N–H and O–H groups in total. The molecule has 0 atom stereocenters. The number of ether oxygens (including phenoxy) is 2. The number of furan rings is 1. The van der Waals surface area contributed by atoms with Gasteiger partial charge in [0.1, 0.15) is 22.9 Å². The van der Waals surface area contributed by atoms with Gasteiger partial charge >= 0.3 is 0 Å². The number of methoxy groups -OCH3 is 1. The quantitative estimate of drug-likeness (QED) is 0.311. The number of allylic oxidation sites excluding steroid dienone is 1. The Kier molecular flexibility index (Phi) is 6.97. The first-order valence-electron chi connectivity index (χ1n) is 11.0. The topological polar surface area (TPSA) is 60.7 Å². The summed E-state index contributed by atoms with van der Waals surface area (Å²) in [6.07, 6.45) is 3.26. The Labute approximate surface area is 197 Å². The van der Waals surface area contributed by atoms with E-state index in [1.165, 1.54) is 12.1 Å². The van der Waals surface area contributed by atoms with Crippen molar-refractivity contribution in [3.05, 3.63) is 89.9 Å². The van der Waals surface area contributed by atoms with E-state index in [-0.39, 0.29) is 11.7 Å². The van der Waals surface area contributed by atoms with Gasteiger partial charge in [0.15, 0.2) is 0 Å². The van der Waals surface area contributed by atoms with E-state index in [0.29, 0.717) is 24.5 Å². The molecule has 0 aliphatic rings. The molecule has 6 heteroatoms. The molecule has 4 aromatic rings. The minimum Gasteiger partial charge on any atom is -0.497 e. The maximum absolute atomic E-state index is 13.1. The molecule has 34 heavy (non-hydrogen) atoms. The molecular weight excluding hydrogens is 433 g/mol. The van der Waals surface area contributed by atoms with Gasteiger partial charge in [0.05, 0.1) is 20.0 Å². The van der Waals surface area contributed by atoms with Crippen molar-refractivity contribution in [2.45, 2.75) is 20.4 Å². The van der Waals surface area contributed by atoms with E-state index in [4.69, 9.17) is 13.9 Å². The van der Waals surface area contributed by atoms with Crippen LogP contribution in [-0.2, 0) is 11.3 Å². The van der Waals surface area contributed by atoms with Crippen LogP contribution in [0.3, 0.4) is 0 Å². The summed E-state index contributed by atoms with van der Waals surface area (Å²) in [7, 11) is 1.63. The second-order valence-electron chi connectivity index (χ2n) is 7.83. The Morgan fingerprint density at radius 3 is 2.65 bits per heavy atom. The largest absolute Gasteiger partial charge is 0.497 e. The molecule has 174 valence electrons. The molecule has 4 rings (SSSR count). The number of carbonyl (C=O) groups excluding carboxylic acids is 1. The zero-order valence-corrected chi connectivity index (χ0v) is 19.4. The minimum absolute atomic E-state index is 0.246. The number of benzene rings is 3. The highest BCUT2D eigenvalue weighted by Gasteiger charge is 2.15. The van der Waals surface area contributed by atoms with Gasteiger partial charge in [0.2, 0.25) is 5.91 Å². The third-order valence-electron chi connectivity index (χ3n) is 5.51. The number of nitrogens with one attached hydrogen (secondary N) is 1. The van der Waals surface area contributed by atoms with E-state index in [1.807, 2.05) is 50.2 Å². The van der Waals surface area contributed by atoms with E-state index < -0.39 is 0 Å². The first-order valence-corrected chi connectivity index (χ1v) is 11.0. The Morgan fingerprint density at radius 1 is 1.12 bits per heavy atom. The van der Waals surface area contributed by atoms with Crippen molar-refractivity contribution in [3.63, 3.8) is 0 Å². The third-order valence-corrected chi connectivity index (χ3v) is 5.51. The minimum atomic E-state index is -0.308. The lowest BCUT2D eigenvalue weighted by Gasteiger charge is -2.12. The highest BCUT2D eigenvalue weighted by atomic mass is 19.1. The van der Waals surface area contributed by atoms with E-state index in [0.717, 1.165) is 39.0 Å². The van der Waals surface area contributed by atoms with Gasteiger partial charge in [0, 0.05) is 35.2 Å². The van der Waals surface area contributed by atoms with Gasteiger partial charge in [-0.25, -0.2) is 4.39 Å².